The number of carbonyl (C=O) groups is 1. The third-order valence-electron chi connectivity index (χ3n) is 5.65. The van der Waals surface area contributed by atoms with Crippen LogP contribution in [0.5, 0.6) is 11.5 Å². The number of aromatic nitrogens is 1. The standard InChI is InChI=1S/C24H26N4O3/c1-30-22-14-19(9-10-21(22)18-6-3-2-4-7-18)24(16-27-12-13-28(24)23(25)29)17-31-20-8-5-11-26-15-20/h2-11,14-15,27H,12-13,16-17H2,1H3,(H2,25,29). The predicted octanol–water partition coefficient (Wildman–Crippen LogP) is 3.02. The van der Waals surface area contributed by atoms with Crippen LogP contribution in [-0.2, 0) is 5.54 Å². The van der Waals surface area contributed by atoms with E-state index in [0.717, 1.165) is 22.4 Å². The maximum atomic E-state index is 12.4. The lowest BCUT2D eigenvalue weighted by atomic mass is 9.85. The number of carbonyl (C=O) groups excluding carboxylic acids is 1. The van der Waals surface area contributed by atoms with Crippen molar-refractivity contribution in [2.24, 2.45) is 5.73 Å². The minimum Gasteiger partial charge on any atom is -0.496 e. The van der Waals surface area contributed by atoms with Gasteiger partial charge in [0.15, 0.2) is 0 Å². The number of nitrogens with one attached hydrogen (secondary N) is 1. The Balaban J connectivity index is 1.76. The fourth-order valence-electron chi connectivity index (χ4n) is 4.06. The number of hydrogen-bond acceptors (Lipinski definition) is 5. The highest BCUT2D eigenvalue weighted by atomic mass is 16.5. The lowest BCUT2D eigenvalue weighted by Crippen LogP contribution is -2.64. The number of hydrogen-bond donors (Lipinski definition) is 2. The molecule has 7 heteroatoms. The summed E-state index contributed by atoms with van der Waals surface area (Å²) in [5.74, 6) is 1.35. The Bertz CT molecular complexity index is 1030. The molecule has 31 heavy (non-hydrogen) atoms. The van der Waals surface area contributed by atoms with Gasteiger partial charge in [0.25, 0.3) is 0 Å². The molecule has 1 aliphatic rings. The third kappa shape index (κ3) is 4.18. The van der Waals surface area contributed by atoms with Crippen molar-refractivity contribution >= 4 is 6.03 Å². The summed E-state index contributed by atoms with van der Waals surface area (Å²) in [7, 11) is 1.65. The summed E-state index contributed by atoms with van der Waals surface area (Å²) in [4.78, 5) is 18.2. The van der Waals surface area contributed by atoms with Crippen molar-refractivity contribution in [2.75, 3.05) is 33.4 Å². The Hall–Kier alpha value is -3.58. The molecule has 1 aromatic heterocycles. The monoisotopic (exact) mass is 418 g/mol. The lowest BCUT2D eigenvalue weighted by Gasteiger charge is -2.46. The molecule has 1 atom stereocenters. The number of rotatable bonds is 6. The second-order valence-corrected chi connectivity index (χ2v) is 7.46. The maximum Gasteiger partial charge on any atom is 0.315 e. The van der Waals surface area contributed by atoms with Crippen LogP contribution in [0.3, 0.4) is 0 Å². The number of benzene rings is 2. The number of nitrogens with two attached hydrogens (primary N) is 1. The van der Waals surface area contributed by atoms with Crippen LogP contribution in [0.4, 0.5) is 4.79 Å². The van der Waals surface area contributed by atoms with Gasteiger partial charge in [0.05, 0.1) is 13.3 Å². The second kappa shape index (κ2) is 9.06. The van der Waals surface area contributed by atoms with E-state index in [1.54, 1.807) is 24.4 Å². The summed E-state index contributed by atoms with van der Waals surface area (Å²) in [6.45, 7) is 1.87. The largest absolute Gasteiger partial charge is 0.496 e. The van der Waals surface area contributed by atoms with Crippen LogP contribution >= 0.6 is 0 Å². The quantitative estimate of drug-likeness (QED) is 0.642. The maximum absolute atomic E-state index is 12.4. The van der Waals surface area contributed by atoms with Crippen molar-refractivity contribution in [1.82, 2.24) is 15.2 Å². The van der Waals surface area contributed by atoms with Crippen LogP contribution in [-0.4, -0.2) is 49.3 Å². The van der Waals surface area contributed by atoms with Gasteiger partial charge in [-0.3, -0.25) is 4.98 Å². The van der Waals surface area contributed by atoms with Crippen molar-refractivity contribution in [1.29, 1.82) is 0 Å². The van der Waals surface area contributed by atoms with Gasteiger partial charge in [0, 0.05) is 31.4 Å². The minimum atomic E-state index is -0.789. The summed E-state index contributed by atoms with van der Waals surface area (Å²) >= 11 is 0. The molecule has 0 aliphatic carbocycles. The lowest BCUT2D eigenvalue weighted by molar-refractivity contribution is 0.0466. The van der Waals surface area contributed by atoms with Gasteiger partial charge in [-0.05, 0) is 29.3 Å². The molecule has 7 nitrogen and oxygen atoms in total. The molecule has 0 bridgehead atoms. The Morgan fingerprint density at radius 3 is 2.74 bits per heavy atom. The van der Waals surface area contributed by atoms with Gasteiger partial charge in [-0.2, -0.15) is 0 Å². The molecule has 1 unspecified atom stereocenters. The van der Waals surface area contributed by atoms with Crippen molar-refractivity contribution in [2.45, 2.75) is 5.54 Å². The molecule has 3 N–H and O–H groups in total. The van der Waals surface area contributed by atoms with E-state index < -0.39 is 11.6 Å². The SMILES string of the molecule is COc1cc(C2(COc3cccnc3)CNCCN2C(N)=O)ccc1-c1ccccc1. The zero-order chi connectivity index (χ0) is 21.7. The molecule has 4 rings (SSSR count). The summed E-state index contributed by atoms with van der Waals surface area (Å²) in [5.41, 5.74) is 7.93. The number of piperazine rings is 1. The molecule has 1 aliphatic heterocycles. The average molecular weight is 418 g/mol. The Labute approximate surface area is 181 Å². The molecule has 0 saturated carbocycles. The van der Waals surface area contributed by atoms with E-state index in [1.165, 1.54) is 0 Å². The smallest absolute Gasteiger partial charge is 0.315 e. The Kier molecular flexibility index (Phi) is 6.04. The number of amides is 2. The van der Waals surface area contributed by atoms with Gasteiger partial charge in [0.2, 0.25) is 0 Å². The zero-order valence-corrected chi connectivity index (χ0v) is 17.5. The molecular weight excluding hydrogens is 392 g/mol. The number of nitrogens with zero attached hydrogens (tertiary/aromatic N) is 2. The molecule has 160 valence electrons. The van der Waals surface area contributed by atoms with Crippen molar-refractivity contribution < 1.29 is 14.3 Å². The first-order valence-corrected chi connectivity index (χ1v) is 10.2. The van der Waals surface area contributed by atoms with Crippen LogP contribution in [0, 0.1) is 0 Å². The van der Waals surface area contributed by atoms with Gasteiger partial charge in [0.1, 0.15) is 23.6 Å². The van der Waals surface area contributed by atoms with Crippen molar-refractivity contribution in [3.63, 3.8) is 0 Å². The van der Waals surface area contributed by atoms with E-state index in [0.29, 0.717) is 25.4 Å². The first-order chi connectivity index (χ1) is 15.1. The Morgan fingerprint density at radius 1 is 1.19 bits per heavy atom. The summed E-state index contributed by atoms with van der Waals surface area (Å²) in [6.07, 6.45) is 3.34. The van der Waals surface area contributed by atoms with E-state index in [-0.39, 0.29) is 6.61 Å². The molecule has 0 radical (unpaired) electrons. The number of primary amides is 1. The van der Waals surface area contributed by atoms with Gasteiger partial charge >= 0.3 is 6.03 Å². The Morgan fingerprint density at radius 2 is 2.03 bits per heavy atom. The molecule has 2 aromatic carbocycles. The molecule has 2 amide bonds. The molecule has 2 heterocycles. The van der Waals surface area contributed by atoms with Gasteiger partial charge in [-0.15, -0.1) is 0 Å². The third-order valence-corrected chi connectivity index (χ3v) is 5.65. The molecule has 1 fully saturated rings. The highest BCUT2D eigenvalue weighted by Crippen LogP contribution is 2.37. The average Bonchev–Trinajstić information content (AvgIpc) is 2.83. The first kappa shape index (κ1) is 20.7. The second-order valence-electron chi connectivity index (χ2n) is 7.46. The topological polar surface area (TPSA) is 89.7 Å². The van der Waals surface area contributed by atoms with Crippen molar-refractivity contribution in [3.05, 3.63) is 78.6 Å². The van der Waals surface area contributed by atoms with Crippen LogP contribution in [0.2, 0.25) is 0 Å². The van der Waals surface area contributed by atoms with Crippen LogP contribution in [0.15, 0.2) is 73.1 Å². The fraction of sp³-hybridized carbons (Fsp3) is 0.250. The van der Waals surface area contributed by atoms with Gasteiger partial charge in [-0.25, -0.2) is 4.79 Å². The van der Waals surface area contributed by atoms with Crippen molar-refractivity contribution in [3.8, 4) is 22.6 Å². The molecule has 0 spiro atoms. The van der Waals surface area contributed by atoms with Crippen LogP contribution in [0.1, 0.15) is 5.56 Å². The number of methoxy groups -OCH3 is 1. The fourth-order valence-corrected chi connectivity index (χ4v) is 4.06. The molecular formula is C24H26N4O3. The van der Waals surface area contributed by atoms with E-state index in [9.17, 15) is 4.79 Å². The predicted molar refractivity (Wildman–Crippen MR) is 119 cm³/mol. The zero-order valence-electron chi connectivity index (χ0n) is 17.5. The van der Waals surface area contributed by atoms with Crippen LogP contribution in [0.25, 0.3) is 11.1 Å². The first-order valence-electron chi connectivity index (χ1n) is 10.2. The number of urea groups is 1. The number of pyridine rings is 1. The highest BCUT2D eigenvalue weighted by molar-refractivity contribution is 5.75. The summed E-state index contributed by atoms with van der Waals surface area (Å²) in [5, 5.41) is 3.39. The highest BCUT2D eigenvalue weighted by Gasteiger charge is 2.44. The summed E-state index contributed by atoms with van der Waals surface area (Å²) < 4.78 is 11.8. The van der Waals surface area contributed by atoms with Gasteiger partial charge < -0.3 is 25.4 Å². The van der Waals surface area contributed by atoms with E-state index in [2.05, 4.69) is 10.3 Å². The van der Waals surface area contributed by atoms with E-state index >= 15 is 0 Å². The molecule has 1 saturated heterocycles. The normalized spacial score (nSPS) is 18.4. The summed E-state index contributed by atoms with van der Waals surface area (Å²) in [6, 6.07) is 19.2. The van der Waals surface area contributed by atoms with Gasteiger partial charge in [-0.1, -0.05) is 42.5 Å². The minimum absolute atomic E-state index is 0.225. The van der Waals surface area contributed by atoms with E-state index in [4.69, 9.17) is 15.2 Å². The van der Waals surface area contributed by atoms with E-state index in [1.807, 2.05) is 60.7 Å². The van der Waals surface area contributed by atoms with Crippen LogP contribution < -0.4 is 20.5 Å². The molecule has 3 aromatic rings. The number of ether oxygens (including phenoxy) is 2.